The lowest BCUT2D eigenvalue weighted by atomic mass is 10.1. The van der Waals surface area contributed by atoms with Gasteiger partial charge in [0.05, 0.1) is 5.25 Å². The minimum absolute atomic E-state index is 0.180. The van der Waals surface area contributed by atoms with Gasteiger partial charge < -0.3 is 0 Å². The molecule has 0 saturated carbocycles. The van der Waals surface area contributed by atoms with Crippen molar-refractivity contribution in [1.29, 1.82) is 0 Å². The van der Waals surface area contributed by atoms with Crippen molar-refractivity contribution < 1.29 is 8.42 Å². The van der Waals surface area contributed by atoms with Crippen LogP contribution in [0.4, 0.5) is 0 Å². The van der Waals surface area contributed by atoms with Crippen molar-refractivity contribution in [2.24, 2.45) is 0 Å². The second kappa shape index (κ2) is 6.90. The van der Waals surface area contributed by atoms with Crippen LogP contribution in [0.5, 0.6) is 0 Å². The molecule has 0 heterocycles. The van der Waals surface area contributed by atoms with E-state index in [1.807, 2.05) is 37.3 Å². The minimum atomic E-state index is -3.23. The zero-order valence-electron chi connectivity index (χ0n) is 11.4. The Hall–Kier alpha value is -0.870. The van der Waals surface area contributed by atoms with Crippen LogP contribution in [0.2, 0.25) is 0 Å². The summed E-state index contributed by atoms with van der Waals surface area (Å²) in [4.78, 5) is 0. The average Bonchev–Trinajstić information content (AvgIpc) is 2.36. The lowest BCUT2D eigenvalue weighted by Crippen LogP contribution is -2.34. The van der Waals surface area contributed by atoms with Gasteiger partial charge in [0.2, 0.25) is 10.0 Å². The lowest BCUT2D eigenvalue weighted by molar-refractivity contribution is 0.544. The van der Waals surface area contributed by atoms with E-state index in [9.17, 15) is 8.42 Å². The van der Waals surface area contributed by atoms with Gasteiger partial charge in [0, 0.05) is 6.04 Å². The maximum Gasteiger partial charge on any atom is 0.214 e. The molecule has 3 nitrogen and oxygen atoms in total. The van der Waals surface area contributed by atoms with Gasteiger partial charge in [0.25, 0.3) is 0 Å². The van der Waals surface area contributed by atoms with E-state index < -0.39 is 10.0 Å². The van der Waals surface area contributed by atoms with Gasteiger partial charge in [-0.15, -0.1) is 0 Å². The van der Waals surface area contributed by atoms with Crippen LogP contribution in [0.25, 0.3) is 0 Å². The van der Waals surface area contributed by atoms with Crippen LogP contribution < -0.4 is 4.72 Å². The molecule has 2 unspecified atom stereocenters. The fourth-order valence-corrected chi connectivity index (χ4v) is 3.16. The van der Waals surface area contributed by atoms with Gasteiger partial charge >= 0.3 is 0 Å². The van der Waals surface area contributed by atoms with Crippen molar-refractivity contribution in [3.63, 3.8) is 0 Å². The molecular formula is C14H23NO2S. The largest absolute Gasteiger partial charge is 0.214 e. The van der Waals surface area contributed by atoms with Crippen molar-refractivity contribution in [3.05, 3.63) is 35.9 Å². The van der Waals surface area contributed by atoms with Gasteiger partial charge in [-0.3, -0.25) is 0 Å². The summed E-state index contributed by atoms with van der Waals surface area (Å²) in [7, 11) is -3.23. The van der Waals surface area contributed by atoms with Crippen LogP contribution in [-0.4, -0.2) is 13.7 Å². The molecule has 18 heavy (non-hydrogen) atoms. The zero-order valence-corrected chi connectivity index (χ0v) is 12.2. The Labute approximate surface area is 111 Å². The lowest BCUT2D eigenvalue weighted by Gasteiger charge is -2.18. The number of hydrogen-bond acceptors (Lipinski definition) is 2. The van der Waals surface area contributed by atoms with E-state index in [4.69, 9.17) is 0 Å². The predicted octanol–water partition coefficient (Wildman–Crippen LogP) is 3.25. The summed E-state index contributed by atoms with van der Waals surface area (Å²) in [6.45, 7) is 5.72. The first-order valence-electron chi connectivity index (χ1n) is 6.53. The fraction of sp³-hybridized carbons (Fsp3) is 0.571. The molecule has 1 N–H and O–H groups in total. The normalized spacial score (nSPS) is 15.3. The van der Waals surface area contributed by atoms with E-state index in [0.29, 0.717) is 6.42 Å². The number of unbranched alkanes of at least 4 members (excludes halogenated alkanes) is 1. The Morgan fingerprint density at radius 2 is 1.78 bits per heavy atom. The molecule has 1 aromatic rings. The molecule has 0 aliphatic rings. The molecule has 0 saturated heterocycles. The summed E-state index contributed by atoms with van der Waals surface area (Å²) in [5, 5.41) is -0.330. The highest BCUT2D eigenvalue weighted by atomic mass is 32.2. The van der Waals surface area contributed by atoms with Gasteiger partial charge in [0.1, 0.15) is 0 Å². The maximum absolute atomic E-state index is 12.1. The summed E-state index contributed by atoms with van der Waals surface area (Å²) in [5.41, 5.74) is 0.990. The Morgan fingerprint density at radius 1 is 1.17 bits per heavy atom. The van der Waals surface area contributed by atoms with Gasteiger partial charge in [0.15, 0.2) is 0 Å². The van der Waals surface area contributed by atoms with Crippen molar-refractivity contribution >= 4 is 10.0 Å². The van der Waals surface area contributed by atoms with Crippen LogP contribution >= 0.6 is 0 Å². The molecule has 102 valence electrons. The third-order valence-corrected chi connectivity index (χ3v) is 5.11. The van der Waals surface area contributed by atoms with Gasteiger partial charge in [-0.05, 0) is 25.8 Å². The molecule has 0 aliphatic carbocycles. The van der Waals surface area contributed by atoms with E-state index in [1.165, 1.54) is 0 Å². The molecule has 4 heteroatoms. The number of sulfonamides is 1. The highest BCUT2D eigenvalue weighted by Crippen LogP contribution is 2.16. The second-order valence-corrected chi connectivity index (χ2v) is 6.88. The Morgan fingerprint density at radius 3 is 2.33 bits per heavy atom. The molecular weight excluding hydrogens is 246 g/mol. The summed E-state index contributed by atoms with van der Waals surface area (Å²) in [6.07, 6.45) is 2.68. The maximum atomic E-state index is 12.1. The Bertz CT molecular complexity index is 442. The molecule has 0 fully saturated rings. The van der Waals surface area contributed by atoms with Gasteiger partial charge in [-0.1, -0.05) is 50.1 Å². The van der Waals surface area contributed by atoms with Crippen LogP contribution in [-0.2, 0) is 10.0 Å². The highest BCUT2D eigenvalue weighted by Gasteiger charge is 2.22. The van der Waals surface area contributed by atoms with Crippen molar-refractivity contribution in [3.8, 4) is 0 Å². The van der Waals surface area contributed by atoms with E-state index in [1.54, 1.807) is 6.92 Å². The number of rotatable bonds is 7. The summed E-state index contributed by atoms with van der Waals surface area (Å²) < 4.78 is 27.0. The fourth-order valence-electron chi connectivity index (χ4n) is 1.82. The van der Waals surface area contributed by atoms with E-state index >= 15 is 0 Å². The topological polar surface area (TPSA) is 46.2 Å². The van der Waals surface area contributed by atoms with E-state index in [0.717, 1.165) is 18.4 Å². The van der Waals surface area contributed by atoms with Crippen LogP contribution in [0.3, 0.4) is 0 Å². The quantitative estimate of drug-likeness (QED) is 0.826. The first kappa shape index (κ1) is 15.2. The minimum Gasteiger partial charge on any atom is -0.212 e. The number of hydrogen-bond donors (Lipinski definition) is 1. The smallest absolute Gasteiger partial charge is 0.212 e. The van der Waals surface area contributed by atoms with Crippen LogP contribution in [0.15, 0.2) is 30.3 Å². The monoisotopic (exact) mass is 269 g/mol. The van der Waals surface area contributed by atoms with Crippen molar-refractivity contribution in [2.45, 2.75) is 51.3 Å². The molecule has 0 amide bonds. The summed E-state index contributed by atoms with van der Waals surface area (Å²) in [6, 6.07) is 9.45. The number of benzene rings is 1. The van der Waals surface area contributed by atoms with Gasteiger partial charge in [-0.2, -0.15) is 0 Å². The van der Waals surface area contributed by atoms with E-state index in [2.05, 4.69) is 11.6 Å². The van der Waals surface area contributed by atoms with Crippen LogP contribution in [0, 0.1) is 0 Å². The van der Waals surface area contributed by atoms with Crippen molar-refractivity contribution in [2.75, 3.05) is 0 Å². The standard InChI is InChI=1S/C14H23NO2S/c1-4-5-9-12(2)18(16,17)15-13(3)14-10-7-6-8-11-14/h6-8,10-13,15H,4-5,9H2,1-3H3. The molecule has 1 rings (SSSR count). The average molecular weight is 269 g/mol. The third kappa shape index (κ3) is 4.42. The Kier molecular flexibility index (Phi) is 5.82. The zero-order chi connectivity index (χ0) is 13.6. The SMILES string of the molecule is CCCCC(C)S(=O)(=O)NC(C)c1ccccc1. The molecule has 0 aromatic heterocycles. The second-order valence-electron chi connectivity index (χ2n) is 4.75. The molecule has 0 bridgehead atoms. The molecule has 0 spiro atoms. The summed E-state index contributed by atoms with van der Waals surface area (Å²) >= 11 is 0. The first-order chi connectivity index (χ1) is 8.47. The predicted molar refractivity (Wildman–Crippen MR) is 75.9 cm³/mol. The van der Waals surface area contributed by atoms with Crippen LogP contribution in [0.1, 0.15) is 51.6 Å². The highest BCUT2D eigenvalue weighted by molar-refractivity contribution is 7.90. The molecule has 0 radical (unpaired) electrons. The van der Waals surface area contributed by atoms with Crippen molar-refractivity contribution in [1.82, 2.24) is 4.72 Å². The van der Waals surface area contributed by atoms with Gasteiger partial charge in [-0.25, -0.2) is 13.1 Å². The third-order valence-electron chi connectivity index (χ3n) is 3.13. The number of nitrogens with one attached hydrogen (secondary N) is 1. The first-order valence-corrected chi connectivity index (χ1v) is 8.08. The molecule has 2 atom stereocenters. The summed E-state index contributed by atoms with van der Waals surface area (Å²) in [5.74, 6) is 0. The Balaban J connectivity index is 2.65. The molecule has 1 aromatic carbocycles. The molecule has 0 aliphatic heterocycles. The van der Waals surface area contributed by atoms with E-state index in [-0.39, 0.29) is 11.3 Å².